The molecule has 0 aliphatic carbocycles. The molecule has 9 heteroatoms. The molecule has 0 aromatic carbocycles. The van der Waals surface area contributed by atoms with Crippen LogP contribution in [0.25, 0.3) is 0 Å². The normalized spacial score (nSPS) is 12.8. The molecule has 0 aliphatic rings. The lowest BCUT2D eigenvalue weighted by atomic mass is 10.2. The Hall–Kier alpha value is -1.09. The molecular weight excluding hydrogens is 285 g/mol. The molecule has 1 aromatic rings. The highest BCUT2D eigenvalue weighted by molar-refractivity contribution is 7.85. The van der Waals surface area contributed by atoms with E-state index in [0.717, 1.165) is 25.5 Å². The molecule has 110 valence electrons. The van der Waals surface area contributed by atoms with Crippen LogP contribution in [0, 0.1) is 0 Å². The van der Waals surface area contributed by atoms with Crippen LogP contribution in [-0.4, -0.2) is 19.0 Å². The lowest BCUT2D eigenvalue weighted by molar-refractivity contribution is -0.854. The van der Waals surface area contributed by atoms with E-state index in [1.54, 1.807) is 0 Å². The molecule has 1 aromatic heterocycles. The van der Waals surface area contributed by atoms with Crippen LogP contribution >= 0.6 is 0 Å². The second-order valence-corrected chi connectivity index (χ2v) is 5.47. The minimum absolute atomic E-state index is 0.0352. The smallest absolute Gasteiger partial charge is 0.236 e. The van der Waals surface area contributed by atoms with E-state index in [2.05, 4.69) is 4.18 Å². The Kier molecular flexibility index (Phi) is 5.36. The summed E-state index contributed by atoms with van der Waals surface area (Å²) in [5.74, 6) is 0. The van der Waals surface area contributed by atoms with E-state index in [-0.39, 0.29) is 11.2 Å². The average Bonchev–Trinajstić information content (AvgIpc) is 2.78. The summed E-state index contributed by atoms with van der Waals surface area (Å²) in [4.78, 5) is 0. The number of hydrogen-bond donors (Lipinski definition) is 0. The van der Waals surface area contributed by atoms with Crippen molar-refractivity contribution < 1.29 is 30.3 Å². The van der Waals surface area contributed by atoms with Gasteiger partial charge in [-0.2, -0.15) is 8.42 Å². The van der Waals surface area contributed by atoms with Crippen molar-refractivity contribution in [2.24, 2.45) is 0 Å². The summed E-state index contributed by atoms with van der Waals surface area (Å²) in [6.07, 6.45) is 0.487. The van der Waals surface area contributed by atoms with E-state index >= 15 is 0 Å². The van der Waals surface area contributed by atoms with Gasteiger partial charge in [0.05, 0.1) is 6.61 Å². The van der Waals surface area contributed by atoms with E-state index in [9.17, 15) is 21.6 Å². The summed E-state index contributed by atoms with van der Waals surface area (Å²) < 4.78 is 64.9. The fraction of sp³-hybridized carbons (Fsp3) is 0.700. The molecule has 0 bridgehead atoms. The van der Waals surface area contributed by atoms with Crippen LogP contribution in [0.5, 0.6) is 0 Å². The van der Waals surface area contributed by atoms with Crippen molar-refractivity contribution in [3.05, 3.63) is 18.7 Å². The maximum absolute atomic E-state index is 12.3. The van der Waals surface area contributed by atoms with E-state index in [4.69, 9.17) is 0 Å². The Labute approximate surface area is 109 Å². The van der Waals surface area contributed by atoms with Crippen LogP contribution in [0.15, 0.2) is 18.7 Å². The number of aromatic nitrogens is 2. The zero-order chi connectivity index (χ0) is 14.5. The Morgan fingerprint density at radius 2 is 1.95 bits per heavy atom. The molecule has 0 saturated carbocycles. The molecule has 0 spiro atoms. The topological polar surface area (TPSA) is 52.2 Å². The Morgan fingerprint density at radius 1 is 1.26 bits per heavy atom. The first kappa shape index (κ1) is 16.0. The van der Waals surface area contributed by atoms with Crippen molar-refractivity contribution in [1.82, 2.24) is 3.97 Å². The molecule has 0 amide bonds. The molecular formula is C10H16F3N2O3S+. The third-order valence-corrected chi connectivity index (χ3v) is 3.59. The Bertz CT molecular complexity index is 496. The number of rotatable bonds is 7. The van der Waals surface area contributed by atoms with Crippen molar-refractivity contribution in [2.75, 3.05) is 6.61 Å². The first-order chi connectivity index (χ1) is 8.77. The largest absolute Gasteiger partial charge is 0.567 e. The number of hydrogen-bond acceptors (Lipinski definition) is 3. The SMILES string of the molecule is CCCCCCOS(=O)(=O)n1cc[n+](C(F)(F)F)c1. The van der Waals surface area contributed by atoms with Gasteiger partial charge in [0.25, 0.3) is 6.33 Å². The first-order valence-electron chi connectivity index (χ1n) is 5.84. The van der Waals surface area contributed by atoms with Gasteiger partial charge >= 0.3 is 16.6 Å². The third kappa shape index (κ3) is 4.83. The quantitative estimate of drug-likeness (QED) is 0.571. The van der Waals surface area contributed by atoms with E-state index in [0.29, 0.717) is 22.9 Å². The monoisotopic (exact) mass is 301 g/mol. The summed E-state index contributed by atoms with van der Waals surface area (Å²) in [6, 6.07) is 0. The van der Waals surface area contributed by atoms with Gasteiger partial charge in [0.1, 0.15) is 12.4 Å². The standard InChI is InChI=1S/C10H16F3N2O3S/c1-2-3-4-5-8-18-19(16,17)15-7-6-14(9-15)10(11,12)13/h6-7,9H,2-5,8H2,1H3/q+1. The van der Waals surface area contributed by atoms with Crippen molar-refractivity contribution in [1.29, 1.82) is 0 Å². The molecule has 0 fully saturated rings. The Morgan fingerprint density at radius 3 is 2.47 bits per heavy atom. The summed E-state index contributed by atoms with van der Waals surface area (Å²) in [6.45, 7) is 1.97. The molecule has 19 heavy (non-hydrogen) atoms. The highest BCUT2D eigenvalue weighted by atomic mass is 32.2. The molecule has 0 unspecified atom stereocenters. The predicted molar refractivity (Wildman–Crippen MR) is 60.3 cm³/mol. The second-order valence-electron chi connectivity index (χ2n) is 3.96. The molecule has 0 aliphatic heterocycles. The van der Waals surface area contributed by atoms with Crippen molar-refractivity contribution in [3.63, 3.8) is 0 Å². The average molecular weight is 301 g/mol. The minimum Gasteiger partial charge on any atom is -0.236 e. The summed E-state index contributed by atoms with van der Waals surface area (Å²) >= 11 is 0. The molecule has 5 nitrogen and oxygen atoms in total. The summed E-state index contributed by atoms with van der Waals surface area (Å²) in [5, 5.41) is 0. The minimum atomic E-state index is -4.65. The highest BCUT2D eigenvalue weighted by Gasteiger charge is 2.38. The lowest BCUT2D eigenvalue weighted by Gasteiger charge is -2.01. The fourth-order valence-corrected chi connectivity index (χ4v) is 2.24. The molecule has 0 atom stereocenters. The van der Waals surface area contributed by atoms with E-state index in [1.165, 1.54) is 0 Å². The molecule has 1 rings (SSSR count). The lowest BCUT2D eigenvalue weighted by Crippen LogP contribution is -2.45. The highest BCUT2D eigenvalue weighted by Crippen LogP contribution is 2.13. The van der Waals surface area contributed by atoms with Gasteiger partial charge in [0.2, 0.25) is 0 Å². The maximum atomic E-state index is 12.3. The van der Waals surface area contributed by atoms with Crippen LogP contribution in [0.1, 0.15) is 32.6 Å². The van der Waals surface area contributed by atoms with Crippen molar-refractivity contribution >= 4 is 10.3 Å². The first-order valence-corrected chi connectivity index (χ1v) is 7.20. The van der Waals surface area contributed by atoms with Crippen LogP contribution in [0.2, 0.25) is 0 Å². The second kappa shape index (κ2) is 6.38. The van der Waals surface area contributed by atoms with Gasteiger partial charge in [-0.15, -0.1) is 21.7 Å². The fourth-order valence-electron chi connectivity index (χ4n) is 1.37. The van der Waals surface area contributed by atoms with Gasteiger partial charge in [-0.1, -0.05) is 26.2 Å². The van der Waals surface area contributed by atoms with Crippen LogP contribution < -0.4 is 4.57 Å². The van der Waals surface area contributed by atoms with Crippen molar-refractivity contribution in [3.8, 4) is 0 Å². The third-order valence-electron chi connectivity index (χ3n) is 2.39. The van der Waals surface area contributed by atoms with E-state index in [1.807, 2.05) is 6.92 Å². The van der Waals surface area contributed by atoms with Gasteiger partial charge in [0.15, 0.2) is 0 Å². The van der Waals surface area contributed by atoms with Crippen molar-refractivity contribution in [2.45, 2.75) is 38.9 Å². The molecule has 0 saturated heterocycles. The van der Waals surface area contributed by atoms with Crippen LogP contribution in [0.3, 0.4) is 0 Å². The van der Waals surface area contributed by atoms with Gasteiger partial charge in [-0.05, 0) is 6.42 Å². The van der Waals surface area contributed by atoms with Crippen LogP contribution in [-0.2, 0) is 20.8 Å². The summed E-state index contributed by atoms with van der Waals surface area (Å²) in [5.41, 5.74) is 0. The number of halogens is 3. The maximum Gasteiger partial charge on any atom is 0.567 e. The number of unbranched alkanes of at least 4 members (excludes halogenated alkanes) is 3. The Balaban J connectivity index is 2.60. The van der Waals surface area contributed by atoms with Gasteiger partial charge in [0, 0.05) is 0 Å². The zero-order valence-electron chi connectivity index (χ0n) is 10.4. The van der Waals surface area contributed by atoms with Gasteiger partial charge < -0.3 is 0 Å². The van der Waals surface area contributed by atoms with Gasteiger partial charge in [-0.25, -0.2) is 4.18 Å². The predicted octanol–water partition coefficient (Wildman–Crippen LogP) is 1.94. The van der Waals surface area contributed by atoms with Gasteiger partial charge in [-0.3, -0.25) is 0 Å². The number of imidazole rings is 1. The number of nitrogens with zero attached hydrogens (tertiary/aromatic N) is 2. The molecule has 0 radical (unpaired) electrons. The van der Waals surface area contributed by atoms with Crippen LogP contribution in [0.4, 0.5) is 13.2 Å². The van der Waals surface area contributed by atoms with E-state index < -0.39 is 16.6 Å². The number of alkyl halides is 3. The summed E-state index contributed by atoms with van der Waals surface area (Å²) in [7, 11) is -4.19. The zero-order valence-corrected chi connectivity index (χ0v) is 11.2. The molecule has 0 N–H and O–H groups in total. The molecule has 1 heterocycles.